The maximum absolute atomic E-state index is 12.8. The van der Waals surface area contributed by atoms with Crippen molar-refractivity contribution in [3.63, 3.8) is 0 Å². The fourth-order valence-electron chi connectivity index (χ4n) is 3.20. The van der Waals surface area contributed by atoms with Crippen LogP contribution < -0.4 is 5.32 Å². The molecule has 0 aliphatic heterocycles. The molecule has 5 nitrogen and oxygen atoms in total. The molecule has 3 rings (SSSR count). The molecule has 0 fully saturated rings. The number of nitrogens with one attached hydrogen (secondary N) is 1. The van der Waals surface area contributed by atoms with Gasteiger partial charge in [0.2, 0.25) is 5.91 Å². The molecule has 152 valence electrons. The molecule has 6 heteroatoms. The first kappa shape index (κ1) is 21.1. The van der Waals surface area contributed by atoms with Crippen molar-refractivity contribution in [2.45, 2.75) is 58.0 Å². The van der Waals surface area contributed by atoms with Gasteiger partial charge in [-0.25, -0.2) is 0 Å². The van der Waals surface area contributed by atoms with E-state index in [9.17, 15) is 4.79 Å². The highest BCUT2D eigenvalue weighted by molar-refractivity contribution is 8.00. The summed E-state index contributed by atoms with van der Waals surface area (Å²) in [5, 5.41) is 12.3. The van der Waals surface area contributed by atoms with E-state index in [0.717, 1.165) is 40.8 Å². The third-order valence-electron chi connectivity index (χ3n) is 4.73. The number of benzene rings is 2. The van der Waals surface area contributed by atoms with E-state index in [1.54, 1.807) is 0 Å². The number of hydrogen-bond donors (Lipinski definition) is 1. The molecule has 0 aliphatic rings. The number of amides is 1. The second-order valence-corrected chi connectivity index (χ2v) is 8.70. The molecule has 0 aliphatic carbocycles. The van der Waals surface area contributed by atoms with Gasteiger partial charge in [0.1, 0.15) is 0 Å². The standard InChI is InChI=1S/C23H28N4OS/c1-6-12-27-21(19-9-7-8-15(2)14-19)25-26-23(27)29-18(5)22(28)24-20-11-10-16(3)13-17(20)4/h7-11,13-14,18H,6,12H2,1-5H3,(H,24,28)/t18-/m0/s1. The minimum atomic E-state index is -0.291. The predicted octanol–water partition coefficient (Wildman–Crippen LogP) is 5.40. The molecule has 3 aromatic rings. The molecule has 0 radical (unpaired) electrons. The van der Waals surface area contributed by atoms with Crippen LogP contribution in [0.2, 0.25) is 0 Å². The molecule has 0 spiro atoms. The van der Waals surface area contributed by atoms with Crippen molar-refractivity contribution >= 4 is 23.4 Å². The van der Waals surface area contributed by atoms with Crippen LogP contribution in [0.15, 0.2) is 47.6 Å². The van der Waals surface area contributed by atoms with Gasteiger partial charge in [-0.3, -0.25) is 4.79 Å². The number of carbonyl (C=O) groups excluding carboxylic acids is 1. The number of anilines is 1. The van der Waals surface area contributed by atoms with Gasteiger partial charge in [-0.15, -0.1) is 10.2 Å². The molecule has 1 amide bonds. The van der Waals surface area contributed by atoms with Crippen LogP contribution in [-0.4, -0.2) is 25.9 Å². The Labute approximate surface area is 176 Å². The quantitative estimate of drug-likeness (QED) is 0.532. The Hall–Kier alpha value is -2.60. The highest BCUT2D eigenvalue weighted by Crippen LogP contribution is 2.28. The Bertz CT molecular complexity index is 1010. The van der Waals surface area contributed by atoms with Crippen LogP contribution in [-0.2, 0) is 11.3 Å². The van der Waals surface area contributed by atoms with E-state index in [-0.39, 0.29) is 11.2 Å². The van der Waals surface area contributed by atoms with Crippen molar-refractivity contribution in [1.82, 2.24) is 14.8 Å². The molecular formula is C23H28N4OS. The van der Waals surface area contributed by atoms with E-state index in [2.05, 4.69) is 52.1 Å². The van der Waals surface area contributed by atoms with Crippen molar-refractivity contribution in [2.24, 2.45) is 0 Å². The first-order valence-corrected chi connectivity index (χ1v) is 10.8. The largest absolute Gasteiger partial charge is 0.325 e. The van der Waals surface area contributed by atoms with Gasteiger partial charge in [0.05, 0.1) is 5.25 Å². The Morgan fingerprint density at radius 3 is 2.55 bits per heavy atom. The molecule has 2 aromatic carbocycles. The number of hydrogen-bond acceptors (Lipinski definition) is 4. The smallest absolute Gasteiger partial charge is 0.237 e. The summed E-state index contributed by atoms with van der Waals surface area (Å²) in [6.07, 6.45) is 0.966. The van der Waals surface area contributed by atoms with Gasteiger partial charge in [0, 0.05) is 17.8 Å². The average molecular weight is 409 g/mol. The number of carbonyl (C=O) groups is 1. The molecule has 0 unspecified atom stereocenters. The lowest BCUT2D eigenvalue weighted by molar-refractivity contribution is -0.115. The highest BCUT2D eigenvalue weighted by Gasteiger charge is 2.21. The fourth-order valence-corrected chi connectivity index (χ4v) is 4.07. The summed E-state index contributed by atoms with van der Waals surface area (Å²) < 4.78 is 2.11. The summed E-state index contributed by atoms with van der Waals surface area (Å²) in [5.74, 6) is 0.810. The Balaban J connectivity index is 1.79. The van der Waals surface area contributed by atoms with Gasteiger partial charge in [0.25, 0.3) is 0 Å². The van der Waals surface area contributed by atoms with Crippen LogP contribution in [0.5, 0.6) is 0 Å². The van der Waals surface area contributed by atoms with Crippen molar-refractivity contribution in [3.8, 4) is 11.4 Å². The van der Waals surface area contributed by atoms with Crippen LogP contribution in [0.3, 0.4) is 0 Å². The molecular weight excluding hydrogens is 380 g/mol. The monoisotopic (exact) mass is 408 g/mol. The number of aromatic nitrogens is 3. The van der Waals surface area contributed by atoms with E-state index < -0.39 is 0 Å². The topological polar surface area (TPSA) is 59.8 Å². The molecule has 1 aromatic heterocycles. The van der Waals surface area contributed by atoms with Gasteiger partial charge in [-0.05, 0) is 51.8 Å². The summed E-state index contributed by atoms with van der Waals surface area (Å²) in [4.78, 5) is 12.8. The SMILES string of the molecule is CCCn1c(S[C@@H](C)C(=O)Nc2ccc(C)cc2C)nnc1-c1cccc(C)c1. The lowest BCUT2D eigenvalue weighted by atomic mass is 10.1. The highest BCUT2D eigenvalue weighted by atomic mass is 32.2. The molecule has 29 heavy (non-hydrogen) atoms. The van der Waals surface area contributed by atoms with E-state index >= 15 is 0 Å². The van der Waals surface area contributed by atoms with Gasteiger partial charge < -0.3 is 9.88 Å². The Kier molecular flexibility index (Phi) is 6.75. The Morgan fingerprint density at radius 1 is 1.10 bits per heavy atom. The molecule has 1 heterocycles. The van der Waals surface area contributed by atoms with Crippen LogP contribution in [0, 0.1) is 20.8 Å². The first-order chi connectivity index (χ1) is 13.9. The van der Waals surface area contributed by atoms with Crippen molar-refractivity contribution in [3.05, 3.63) is 59.2 Å². The first-order valence-electron chi connectivity index (χ1n) is 9.94. The van der Waals surface area contributed by atoms with E-state index in [1.165, 1.54) is 22.9 Å². The summed E-state index contributed by atoms with van der Waals surface area (Å²) in [7, 11) is 0. The average Bonchev–Trinajstić information content (AvgIpc) is 3.06. The summed E-state index contributed by atoms with van der Waals surface area (Å²) in [5.41, 5.74) is 5.32. The van der Waals surface area contributed by atoms with Gasteiger partial charge in [-0.2, -0.15) is 0 Å². The van der Waals surface area contributed by atoms with E-state index in [4.69, 9.17) is 0 Å². The molecule has 1 N–H and O–H groups in total. The lowest BCUT2D eigenvalue weighted by Gasteiger charge is -2.15. The zero-order chi connectivity index (χ0) is 21.0. The third-order valence-corrected chi connectivity index (χ3v) is 5.81. The summed E-state index contributed by atoms with van der Waals surface area (Å²) in [6.45, 7) is 11.0. The number of rotatable bonds is 7. The molecule has 0 bridgehead atoms. The fraction of sp³-hybridized carbons (Fsp3) is 0.348. The van der Waals surface area contributed by atoms with E-state index in [0.29, 0.717) is 0 Å². The molecule has 0 saturated heterocycles. The van der Waals surface area contributed by atoms with Crippen molar-refractivity contribution in [2.75, 3.05) is 5.32 Å². The van der Waals surface area contributed by atoms with Gasteiger partial charge in [-0.1, -0.05) is 60.1 Å². The summed E-state index contributed by atoms with van der Waals surface area (Å²) >= 11 is 1.44. The summed E-state index contributed by atoms with van der Waals surface area (Å²) in [6, 6.07) is 14.3. The predicted molar refractivity (Wildman–Crippen MR) is 120 cm³/mol. The van der Waals surface area contributed by atoms with Gasteiger partial charge >= 0.3 is 0 Å². The third kappa shape index (κ3) is 5.07. The minimum Gasteiger partial charge on any atom is -0.325 e. The second kappa shape index (κ2) is 9.27. The zero-order valence-electron chi connectivity index (χ0n) is 17.7. The van der Waals surface area contributed by atoms with E-state index in [1.807, 2.05) is 45.0 Å². The zero-order valence-corrected chi connectivity index (χ0v) is 18.5. The number of aryl methyl sites for hydroxylation is 3. The van der Waals surface area contributed by atoms with Gasteiger partial charge in [0.15, 0.2) is 11.0 Å². The van der Waals surface area contributed by atoms with Crippen LogP contribution in [0.4, 0.5) is 5.69 Å². The minimum absolute atomic E-state index is 0.0369. The van der Waals surface area contributed by atoms with Crippen molar-refractivity contribution < 1.29 is 4.79 Å². The van der Waals surface area contributed by atoms with Crippen LogP contribution in [0.25, 0.3) is 11.4 Å². The number of nitrogens with zero attached hydrogens (tertiary/aromatic N) is 3. The second-order valence-electron chi connectivity index (χ2n) is 7.40. The number of thioether (sulfide) groups is 1. The van der Waals surface area contributed by atoms with Crippen LogP contribution in [0.1, 0.15) is 37.0 Å². The molecule has 1 atom stereocenters. The Morgan fingerprint density at radius 2 is 1.86 bits per heavy atom. The molecule has 0 saturated carbocycles. The maximum Gasteiger partial charge on any atom is 0.237 e. The van der Waals surface area contributed by atoms with Crippen molar-refractivity contribution in [1.29, 1.82) is 0 Å². The maximum atomic E-state index is 12.8. The van der Waals surface area contributed by atoms with Crippen LogP contribution >= 0.6 is 11.8 Å². The lowest BCUT2D eigenvalue weighted by Crippen LogP contribution is -2.23. The normalized spacial score (nSPS) is 12.0.